The van der Waals surface area contributed by atoms with Gasteiger partial charge in [-0.15, -0.1) is 0 Å². The Morgan fingerprint density at radius 3 is 2.53 bits per heavy atom. The van der Waals surface area contributed by atoms with Crippen LogP contribution in [0.15, 0.2) is 12.3 Å². The van der Waals surface area contributed by atoms with Crippen LogP contribution in [-0.4, -0.2) is 30.0 Å². The Kier molecular flexibility index (Phi) is 4.14. The second-order valence-electron chi connectivity index (χ2n) is 4.06. The molecule has 1 atom stereocenters. The van der Waals surface area contributed by atoms with Crippen molar-refractivity contribution in [2.45, 2.75) is 19.9 Å². The number of ether oxygens (including phenoxy) is 1. The van der Waals surface area contributed by atoms with E-state index < -0.39 is 12.0 Å². The molecular weight excluding hydrogens is 222 g/mol. The highest BCUT2D eigenvalue weighted by Gasteiger charge is 2.25. The van der Waals surface area contributed by atoms with Crippen LogP contribution in [0, 0.1) is 5.92 Å². The summed E-state index contributed by atoms with van der Waals surface area (Å²) in [6, 6.07) is 0.835. The topological polar surface area (TPSA) is 97.2 Å². The third-order valence-corrected chi connectivity index (χ3v) is 2.36. The molecule has 4 N–H and O–H groups in total. The molecule has 0 saturated carbocycles. The lowest BCUT2D eigenvalue weighted by molar-refractivity contribution is -0.144. The lowest BCUT2D eigenvalue weighted by atomic mass is 10.0. The minimum Gasteiger partial charge on any atom is -0.467 e. The number of nitrogens with one attached hydrogen (secondary N) is 2. The summed E-state index contributed by atoms with van der Waals surface area (Å²) in [4.78, 5) is 26.0. The molecule has 1 unspecified atom stereocenters. The molecule has 0 spiro atoms. The van der Waals surface area contributed by atoms with Crippen molar-refractivity contribution in [1.29, 1.82) is 0 Å². The largest absolute Gasteiger partial charge is 0.467 e. The summed E-state index contributed by atoms with van der Waals surface area (Å²) in [5.41, 5.74) is 6.27. The number of amides is 1. The van der Waals surface area contributed by atoms with Crippen LogP contribution in [0.25, 0.3) is 0 Å². The van der Waals surface area contributed by atoms with Crippen molar-refractivity contribution in [3.63, 3.8) is 0 Å². The van der Waals surface area contributed by atoms with E-state index in [1.807, 2.05) is 13.8 Å². The van der Waals surface area contributed by atoms with E-state index in [2.05, 4.69) is 15.0 Å². The lowest BCUT2D eigenvalue weighted by Gasteiger charge is -2.19. The highest BCUT2D eigenvalue weighted by Crippen LogP contribution is 2.08. The van der Waals surface area contributed by atoms with Gasteiger partial charge >= 0.3 is 5.97 Å². The average Bonchev–Trinajstić information content (AvgIpc) is 2.71. The molecule has 0 saturated heterocycles. The van der Waals surface area contributed by atoms with Crippen LogP contribution in [0.1, 0.15) is 24.3 Å². The summed E-state index contributed by atoms with van der Waals surface area (Å²) in [7, 11) is 1.29. The van der Waals surface area contributed by atoms with Crippen molar-refractivity contribution in [3.05, 3.63) is 18.0 Å². The third-order valence-electron chi connectivity index (χ3n) is 2.36. The van der Waals surface area contributed by atoms with Gasteiger partial charge < -0.3 is 20.8 Å². The predicted molar refractivity (Wildman–Crippen MR) is 63.3 cm³/mol. The molecule has 0 aliphatic rings. The van der Waals surface area contributed by atoms with Crippen molar-refractivity contribution in [1.82, 2.24) is 10.3 Å². The summed E-state index contributed by atoms with van der Waals surface area (Å²) in [5.74, 6) is -0.905. The third kappa shape index (κ3) is 3.24. The maximum Gasteiger partial charge on any atom is 0.328 e. The smallest absolute Gasteiger partial charge is 0.328 e. The molecule has 0 aromatic carbocycles. The number of methoxy groups -OCH3 is 1. The fourth-order valence-corrected chi connectivity index (χ4v) is 1.39. The number of H-pyrrole nitrogens is 1. The summed E-state index contributed by atoms with van der Waals surface area (Å²) in [5, 5.41) is 2.60. The molecule has 0 aliphatic carbocycles. The van der Waals surface area contributed by atoms with E-state index in [4.69, 9.17) is 5.73 Å². The molecule has 0 bridgehead atoms. The second-order valence-corrected chi connectivity index (χ2v) is 4.06. The molecule has 1 heterocycles. The molecule has 1 aromatic rings. The number of nitrogen functional groups attached to an aromatic ring is 1. The van der Waals surface area contributed by atoms with Gasteiger partial charge in [-0.25, -0.2) is 4.79 Å². The van der Waals surface area contributed by atoms with Crippen LogP contribution in [0.4, 0.5) is 5.69 Å². The van der Waals surface area contributed by atoms with Gasteiger partial charge in [-0.3, -0.25) is 4.79 Å². The molecule has 17 heavy (non-hydrogen) atoms. The standard InChI is InChI=1S/C11H17N3O3/c1-6(2)9(11(16)17-3)14-10(15)8-4-7(12)5-13-8/h4-6,9,13H,12H2,1-3H3,(H,14,15). The van der Waals surface area contributed by atoms with Crippen molar-refractivity contribution >= 4 is 17.6 Å². The van der Waals surface area contributed by atoms with E-state index in [0.29, 0.717) is 11.4 Å². The van der Waals surface area contributed by atoms with Crippen LogP contribution >= 0.6 is 0 Å². The van der Waals surface area contributed by atoms with Gasteiger partial charge in [-0.2, -0.15) is 0 Å². The Balaban J connectivity index is 2.74. The highest BCUT2D eigenvalue weighted by molar-refractivity contribution is 5.96. The Morgan fingerprint density at radius 2 is 2.12 bits per heavy atom. The molecule has 1 rings (SSSR count). The number of hydrogen-bond acceptors (Lipinski definition) is 4. The number of esters is 1. The van der Waals surface area contributed by atoms with Gasteiger partial charge in [-0.1, -0.05) is 13.8 Å². The van der Waals surface area contributed by atoms with Gasteiger partial charge in [-0.05, 0) is 12.0 Å². The van der Waals surface area contributed by atoms with Crippen LogP contribution in [-0.2, 0) is 9.53 Å². The van der Waals surface area contributed by atoms with E-state index in [-0.39, 0.29) is 11.8 Å². The summed E-state index contributed by atoms with van der Waals surface area (Å²) >= 11 is 0. The first-order chi connectivity index (χ1) is 7.95. The number of nitrogens with two attached hydrogens (primary N) is 1. The van der Waals surface area contributed by atoms with Gasteiger partial charge in [0.15, 0.2) is 0 Å². The van der Waals surface area contributed by atoms with Crippen molar-refractivity contribution in [2.75, 3.05) is 12.8 Å². The normalized spacial score (nSPS) is 12.2. The van der Waals surface area contributed by atoms with Crippen molar-refractivity contribution in [2.24, 2.45) is 5.92 Å². The molecule has 1 amide bonds. The molecule has 94 valence electrons. The van der Waals surface area contributed by atoms with Crippen LogP contribution in [0.5, 0.6) is 0 Å². The Bertz CT molecular complexity index is 412. The summed E-state index contributed by atoms with van der Waals surface area (Å²) in [6.45, 7) is 3.65. The number of carbonyl (C=O) groups excluding carboxylic acids is 2. The van der Waals surface area contributed by atoms with Gasteiger partial charge in [0.05, 0.1) is 7.11 Å². The van der Waals surface area contributed by atoms with Gasteiger partial charge in [0.2, 0.25) is 0 Å². The monoisotopic (exact) mass is 239 g/mol. The molecule has 1 aromatic heterocycles. The zero-order valence-corrected chi connectivity index (χ0v) is 10.1. The number of aromatic nitrogens is 1. The molecule has 0 fully saturated rings. The number of anilines is 1. The minimum atomic E-state index is -0.669. The van der Waals surface area contributed by atoms with Crippen LogP contribution in [0.3, 0.4) is 0 Å². The van der Waals surface area contributed by atoms with E-state index in [9.17, 15) is 9.59 Å². The molecule has 6 heteroatoms. The maximum atomic E-state index is 11.8. The van der Waals surface area contributed by atoms with Crippen molar-refractivity contribution in [3.8, 4) is 0 Å². The number of rotatable bonds is 4. The van der Waals surface area contributed by atoms with Crippen LogP contribution < -0.4 is 11.1 Å². The fraction of sp³-hybridized carbons (Fsp3) is 0.455. The van der Waals surface area contributed by atoms with Gasteiger partial charge in [0, 0.05) is 11.9 Å². The van der Waals surface area contributed by atoms with Gasteiger partial charge in [0.1, 0.15) is 11.7 Å². The summed E-state index contributed by atoms with van der Waals surface area (Å²) in [6.07, 6.45) is 1.51. The average molecular weight is 239 g/mol. The first-order valence-electron chi connectivity index (χ1n) is 5.28. The Labute approximate surface area is 99.5 Å². The lowest BCUT2D eigenvalue weighted by Crippen LogP contribution is -2.45. The second kappa shape index (κ2) is 5.38. The zero-order valence-electron chi connectivity index (χ0n) is 10.1. The number of carbonyl (C=O) groups is 2. The minimum absolute atomic E-state index is 0.0568. The number of hydrogen-bond donors (Lipinski definition) is 3. The quantitative estimate of drug-likeness (QED) is 0.667. The first kappa shape index (κ1) is 13.1. The van der Waals surface area contributed by atoms with Crippen molar-refractivity contribution < 1.29 is 14.3 Å². The van der Waals surface area contributed by atoms with E-state index in [1.54, 1.807) is 0 Å². The van der Waals surface area contributed by atoms with E-state index >= 15 is 0 Å². The highest BCUT2D eigenvalue weighted by atomic mass is 16.5. The Hall–Kier alpha value is -1.98. The fourth-order valence-electron chi connectivity index (χ4n) is 1.39. The summed E-state index contributed by atoms with van der Waals surface area (Å²) < 4.78 is 4.63. The molecular formula is C11H17N3O3. The molecule has 0 radical (unpaired) electrons. The van der Waals surface area contributed by atoms with E-state index in [0.717, 1.165) is 0 Å². The molecule has 6 nitrogen and oxygen atoms in total. The van der Waals surface area contributed by atoms with E-state index in [1.165, 1.54) is 19.4 Å². The molecule has 0 aliphatic heterocycles. The SMILES string of the molecule is COC(=O)C(NC(=O)c1cc(N)c[nH]1)C(C)C. The van der Waals surface area contributed by atoms with Crippen LogP contribution in [0.2, 0.25) is 0 Å². The first-order valence-corrected chi connectivity index (χ1v) is 5.28. The predicted octanol–water partition coefficient (Wildman–Crippen LogP) is 0.524. The Morgan fingerprint density at radius 1 is 1.47 bits per heavy atom. The van der Waals surface area contributed by atoms with Gasteiger partial charge in [0.25, 0.3) is 5.91 Å². The zero-order chi connectivity index (χ0) is 13.0. The maximum absolute atomic E-state index is 11.8. The number of aromatic amines is 1.